The molecular formula is C15H20N2OS2. The van der Waals surface area contributed by atoms with E-state index >= 15 is 0 Å². The first-order valence-electron chi connectivity index (χ1n) is 6.88. The molecule has 1 aliphatic rings. The number of rotatable bonds is 5. The molecule has 1 fully saturated rings. The van der Waals surface area contributed by atoms with Crippen molar-refractivity contribution >= 4 is 34.9 Å². The maximum absolute atomic E-state index is 11.9. The molecule has 1 aromatic carbocycles. The van der Waals surface area contributed by atoms with Crippen molar-refractivity contribution in [1.29, 1.82) is 0 Å². The molecule has 0 radical (unpaired) electrons. The number of nitrogens with one attached hydrogen (secondary N) is 1. The van der Waals surface area contributed by atoms with Crippen molar-refractivity contribution < 1.29 is 4.79 Å². The minimum absolute atomic E-state index is 0.153. The lowest BCUT2D eigenvalue weighted by Crippen LogP contribution is -2.26. The summed E-state index contributed by atoms with van der Waals surface area (Å²) in [4.78, 5) is 12.3. The number of thioether (sulfide) groups is 1. The van der Waals surface area contributed by atoms with Crippen LogP contribution in [-0.4, -0.2) is 22.4 Å². The van der Waals surface area contributed by atoms with Gasteiger partial charge < -0.3 is 11.1 Å². The fourth-order valence-corrected chi connectivity index (χ4v) is 3.61. The second-order valence-electron chi connectivity index (χ2n) is 5.10. The molecule has 1 heterocycles. The van der Waals surface area contributed by atoms with Gasteiger partial charge in [0.25, 0.3) is 0 Å². The standard InChI is InChI=1S/C15H20N2OS2/c16-15(19)13-3-1-12(2-4-13)10-17-14(18)9-11-5-7-20-8-6-11/h1-4,11H,5-10H2,(H2,16,19)(H,17,18). The molecular weight excluding hydrogens is 288 g/mol. The van der Waals surface area contributed by atoms with Crippen molar-refractivity contribution in [3.05, 3.63) is 35.4 Å². The van der Waals surface area contributed by atoms with Gasteiger partial charge in [0.2, 0.25) is 5.91 Å². The van der Waals surface area contributed by atoms with Crippen LogP contribution in [0, 0.1) is 5.92 Å². The summed E-state index contributed by atoms with van der Waals surface area (Å²) < 4.78 is 0. The lowest BCUT2D eigenvalue weighted by molar-refractivity contribution is -0.122. The average Bonchev–Trinajstić information content (AvgIpc) is 2.46. The minimum Gasteiger partial charge on any atom is -0.389 e. The molecule has 1 amide bonds. The number of amides is 1. The maximum atomic E-state index is 11.9. The maximum Gasteiger partial charge on any atom is 0.220 e. The minimum atomic E-state index is 0.153. The molecule has 0 atom stereocenters. The van der Waals surface area contributed by atoms with Gasteiger partial charge in [-0.1, -0.05) is 36.5 Å². The van der Waals surface area contributed by atoms with E-state index in [0.717, 1.165) is 11.1 Å². The van der Waals surface area contributed by atoms with Gasteiger partial charge in [-0.3, -0.25) is 4.79 Å². The second kappa shape index (κ2) is 7.64. The van der Waals surface area contributed by atoms with Gasteiger partial charge in [0, 0.05) is 18.5 Å². The molecule has 0 aliphatic carbocycles. The van der Waals surface area contributed by atoms with Crippen molar-refractivity contribution in [1.82, 2.24) is 5.32 Å². The van der Waals surface area contributed by atoms with E-state index in [-0.39, 0.29) is 5.91 Å². The number of hydrogen-bond acceptors (Lipinski definition) is 3. The highest BCUT2D eigenvalue weighted by Crippen LogP contribution is 2.25. The molecule has 1 saturated heterocycles. The van der Waals surface area contributed by atoms with Gasteiger partial charge in [-0.05, 0) is 35.8 Å². The van der Waals surface area contributed by atoms with Crippen molar-refractivity contribution in [2.24, 2.45) is 11.7 Å². The Morgan fingerprint density at radius 1 is 1.30 bits per heavy atom. The number of hydrogen-bond donors (Lipinski definition) is 2. The summed E-state index contributed by atoms with van der Waals surface area (Å²) in [5, 5.41) is 2.99. The molecule has 3 nitrogen and oxygen atoms in total. The number of carbonyl (C=O) groups is 1. The van der Waals surface area contributed by atoms with Crippen molar-refractivity contribution in [3.8, 4) is 0 Å². The normalized spacial score (nSPS) is 15.8. The van der Waals surface area contributed by atoms with E-state index in [1.54, 1.807) is 0 Å². The van der Waals surface area contributed by atoms with Gasteiger partial charge in [0.15, 0.2) is 0 Å². The number of nitrogens with two attached hydrogens (primary N) is 1. The Morgan fingerprint density at radius 3 is 2.55 bits per heavy atom. The van der Waals surface area contributed by atoms with Gasteiger partial charge in [-0.25, -0.2) is 0 Å². The van der Waals surface area contributed by atoms with Crippen LogP contribution in [0.2, 0.25) is 0 Å². The van der Waals surface area contributed by atoms with Crippen molar-refractivity contribution in [2.75, 3.05) is 11.5 Å². The quantitative estimate of drug-likeness (QED) is 0.821. The Morgan fingerprint density at radius 2 is 1.95 bits per heavy atom. The molecule has 3 N–H and O–H groups in total. The van der Waals surface area contributed by atoms with Gasteiger partial charge in [0.05, 0.1) is 0 Å². The lowest BCUT2D eigenvalue weighted by Gasteiger charge is -2.20. The fraction of sp³-hybridized carbons (Fsp3) is 0.467. The van der Waals surface area contributed by atoms with Crippen LogP contribution in [0.25, 0.3) is 0 Å². The first-order chi connectivity index (χ1) is 9.65. The van der Waals surface area contributed by atoms with E-state index in [4.69, 9.17) is 18.0 Å². The van der Waals surface area contributed by atoms with Crippen LogP contribution in [-0.2, 0) is 11.3 Å². The third-order valence-electron chi connectivity index (χ3n) is 3.54. The summed E-state index contributed by atoms with van der Waals surface area (Å²) in [6, 6.07) is 7.68. The first-order valence-corrected chi connectivity index (χ1v) is 8.44. The highest BCUT2D eigenvalue weighted by molar-refractivity contribution is 7.99. The Labute approximate surface area is 129 Å². The number of benzene rings is 1. The summed E-state index contributed by atoms with van der Waals surface area (Å²) >= 11 is 6.90. The summed E-state index contributed by atoms with van der Waals surface area (Å²) in [5.41, 5.74) is 7.47. The van der Waals surface area contributed by atoms with Gasteiger partial charge in [0.1, 0.15) is 4.99 Å². The average molecular weight is 308 g/mol. The number of thiocarbonyl (C=S) groups is 1. The summed E-state index contributed by atoms with van der Waals surface area (Å²) in [6.07, 6.45) is 2.99. The third-order valence-corrected chi connectivity index (χ3v) is 4.83. The van der Waals surface area contributed by atoms with E-state index in [2.05, 4.69) is 5.32 Å². The molecule has 0 bridgehead atoms. The lowest BCUT2D eigenvalue weighted by atomic mass is 9.98. The van der Waals surface area contributed by atoms with E-state index in [1.807, 2.05) is 36.0 Å². The predicted octanol–water partition coefficient (Wildman–Crippen LogP) is 2.47. The smallest absolute Gasteiger partial charge is 0.220 e. The Balaban J connectivity index is 1.76. The summed E-state index contributed by atoms with van der Waals surface area (Å²) in [5.74, 6) is 3.10. The summed E-state index contributed by atoms with van der Waals surface area (Å²) in [7, 11) is 0. The largest absolute Gasteiger partial charge is 0.389 e. The molecule has 5 heteroatoms. The van der Waals surface area contributed by atoms with Crippen LogP contribution in [0.15, 0.2) is 24.3 Å². The monoisotopic (exact) mass is 308 g/mol. The van der Waals surface area contributed by atoms with E-state index in [1.165, 1.54) is 24.3 Å². The predicted molar refractivity (Wildman–Crippen MR) is 88.8 cm³/mol. The van der Waals surface area contributed by atoms with Crippen molar-refractivity contribution in [2.45, 2.75) is 25.8 Å². The van der Waals surface area contributed by atoms with Crippen LogP contribution >= 0.6 is 24.0 Å². The SMILES string of the molecule is NC(=S)c1ccc(CNC(=O)CC2CCSCC2)cc1. The van der Waals surface area contributed by atoms with Crippen LogP contribution in [0.4, 0.5) is 0 Å². The number of carbonyl (C=O) groups excluding carboxylic acids is 1. The van der Waals surface area contributed by atoms with E-state index < -0.39 is 0 Å². The zero-order chi connectivity index (χ0) is 14.4. The Kier molecular flexibility index (Phi) is 5.86. The van der Waals surface area contributed by atoms with E-state index in [9.17, 15) is 4.79 Å². The van der Waals surface area contributed by atoms with Gasteiger partial charge in [-0.15, -0.1) is 0 Å². The van der Waals surface area contributed by atoms with Crippen LogP contribution in [0.5, 0.6) is 0 Å². The molecule has 0 aromatic heterocycles. The first kappa shape index (κ1) is 15.3. The van der Waals surface area contributed by atoms with Gasteiger partial charge in [-0.2, -0.15) is 11.8 Å². The Hall–Kier alpha value is -1.07. The van der Waals surface area contributed by atoms with Crippen LogP contribution < -0.4 is 11.1 Å². The fourth-order valence-electron chi connectivity index (χ4n) is 2.27. The molecule has 0 unspecified atom stereocenters. The molecule has 1 aromatic rings. The molecule has 20 heavy (non-hydrogen) atoms. The topological polar surface area (TPSA) is 55.1 Å². The zero-order valence-corrected chi connectivity index (χ0v) is 13.1. The van der Waals surface area contributed by atoms with Crippen molar-refractivity contribution in [3.63, 3.8) is 0 Å². The molecule has 0 spiro atoms. The highest BCUT2D eigenvalue weighted by Gasteiger charge is 2.16. The second-order valence-corrected chi connectivity index (χ2v) is 6.76. The van der Waals surface area contributed by atoms with Crippen LogP contribution in [0.3, 0.4) is 0 Å². The highest BCUT2D eigenvalue weighted by atomic mass is 32.2. The Bertz CT molecular complexity index is 467. The van der Waals surface area contributed by atoms with E-state index in [0.29, 0.717) is 23.9 Å². The summed E-state index contributed by atoms with van der Waals surface area (Å²) in [6.45, 7) is 0.567. The zero-order valence-electron chi connectivity index (χ0n) is 11.4. The molecule has 1 aliphatic heterocycles. The third kappa shape index (κ3) is 4.80. The van der Waals surface area contributed by atoms with Gasteiger partial charge >= 0.3 is 0 Å². The molecule has 108 valence electrons. The molecule has 0 saturated carbocycles. The molecule has 2 rings (SSSR count). The van der Waals surface area contributed by atoms with Crippen LogP contribution in [0.1, 0.15) is 30.4 Å².